The van der Waals surface area contributed by atoms with Crippen molar-refractivity contribution in [1.82, 2.24) is 9.78 Å². The van der Waals surface area contributed by atoms with Crippen LogP contribution in [0.5, 0.6) is 0 Å². The van der Waals surface area contributed by atoms with Crippen LogP contribution in [0.3, 0.4) is 0 Å². The zero-order valence-corrected chi connectivity index (χ0v) is 15.6. The third-order valence-corrected chi connectivity index (χ3v) is 4.13. The molecule has 0 fully saturated rings. The van der Waals surface area contributed by atoms with Crippen molar-refractivity contribution in [3.63, 3.8) is 0 Å². The van der Waals surface area contributed by atoms with E-state index in [0.29, 0.717) is 5.82 Å². The van der Waals surface area contributed by atoms with Crippen molar-refractivity contribution in [2.75, 3.05) is 5.32 Å². The topological polar surface area (TPSA) is 73.2 Å². The van der Waals surface area contributed by atoms with Crippen LogP contribution in [-0.4, -0.2) is 33.3 Å². The second-order valence-corrected chi connectivity index (χ2v) is 7.00. The van der Waals surface area contributed by atoms with Gasteiger partial charge in [-0.25, -0.2) is 9.48 Å². The molecule has 1 heterocycles. The summed E-state index contributed by atoms with van der Waals surface area (Å²) in [5.41, 5.74) is -4.36. The monoisotopic (exact) mass is 401 g/mol. The highest BCUT2D eigenvalue weighted by Crippen LogP contribution is 2.36. The Morgan fingerprint density at radius 2 is 1.78 bits per heavy atom. The van der Waals surface area contributed by atoms with E-state index in [1.54, 1.807) is 10.7 Å². The average molecular weight is 401 g/mol. The van der Waals surface area contributed by atoms with Crippen LogP contribution < -0.4 is 5.32 Å². The first-order chi connectivity index (χ1) is 12.6. The lowest BCUT2D eigenvalue weighted by Gasteiger charge is -2.16. The first-order valence-electron chi connectivity index (χ1n) is 7.98. The van der Waals surface area contributed by atoms with Crippen molar-refractivity contribution in [3.8, 4) is 0 Å². The maximum absolute atomic E-state index is 12.3. The SMILES string of the molecule is CC(C)n1nccc1NC(=O)[C@H](C)OC(=O)c1ccc(SC(F)(F)F)cc1. The van der Waals surface area contributed by atoms with Gasteiger partial charge in [0.15, 0.2) is 6.10 Å². The van der Waals surface area contributed by atoms with Gasteiger partial charge in [-0.2, -0.15) is 18.3 Å². The predicted octanol–water partition coefficient (Wildman–Crippen LogP) is 4.26. The molecule has 0 radical (unpaired) electrons. The number of alkyl halides is 3. The Bertz CT molecular complexity index is 804. The Labute approximate surface area is 158 Å². The molecule has 1 aromatic carbocycles. The molecule has 0 unspecified atom stereocenters. The lowest BCUT2D eigenvalue weighted by atomic mass is 10.2. The molecule has 0 saturated carbocycles. The maximum atomic E-state index is 12.3. The van der Waals surface area contributed by atoms with E-state index in [-0.39, 0.29) is 28.3 Å². The van der Waals surface area contributed by atoms with Gasteiger partial charge >= 0.3 is 11.5 Å². The number of ether oxygens (including phenoxy) is 1. The third-order valence-electron chi connectivity index (χ3n) is 3.39. The minimum Gasteiger partial charge on any atom is -0.449 e. The van der Waals surface area contributed by atoms with Gasteiger partial charge in [0.05, 0.1) is 11.8 Å². The lowest BCUT2D eigenvalue weighted by molar-refractivity contribution is -0.123. The number of thioether (sulfide) groups is 1. The summed E-state index contributed by atoms with van der Waals surface area (Å²) in [6, 6.07) is 6.41. The quantitative estimate of drug-likeness (QED) is 0.578. The Morgan fingerprint density at radius 1 is 1.15 bits per heavy atom. The Balaban J connectivity index is 1.96. The molecule has 1 aromatic heterocycles. The van der Waals surface area contributed by atoms with E-state index < -0.39 is 23.5 Å². The minimum absolute atomic E-state index is 0.0289. The van der Waals surface area contributed by atoms with Crippen LogP contribution in [0.1, 0.15) is 37.2 Å². The summed E-state index contributed by atoms with van der Waals surface area (Å²) in [5, 5.41) is 6.70. The van der Waals surface area contributed by atoms with Crippen molar-refractivity contribution < 1.29 is 27.5 Å². The molecule has 0 aliphatic carbocycles. The molecule has 0 aliphatic rings. The fraction of sp³-hybridized carbons (Fsp3) is 0.353. The van der Waals surface area contributed by atoms with Crippen molar-refractivity contribution in [2.24, 2.45) is 0 Å². The van der Waals surface area contributed by atoms with E-state index >= 15 is 0 Å². The molecule has 1 amide bonds. The number of halogens is 3. The molecule has 0 bridgehead atoms. The van der Waals surface area contributed by atoms with Crippen molar-refractivity contribution in [1.29, 1.82) is 0 Å². The van der Waals surface area contributed by atoms with Gasteiger partial charge in [0.2, 0.25) is 0 Å². The van der Waals surface area contributed by atoms with Crippen LogP contribution in [0.2, 0.25) is 0 Å². The highest BCUT2D eigenvalue weighted by molar-refractivity contribution is 8.00. The van der Waals surface area contributed by atoms with Gasteiger partial charge in [-0.05, 0) is 56.8 Å². The van der Waals surface area contributed by atoms with Crippen LogP contribution >= 0.6 is 11.8 Å². The Hall–Kier alpha value is -2.49. The van der Waals surface area contributed by atoms with E-state index in [1.807, 2.05) is 13.8 Å². The molecule has 27 heavy (non-hydrogen) atoms. The molecule has 2 aromatic rings. The van der Waals surface area contributed by atoms with Crippen molar-refractivity contribution in [3.05, 3.63) is 42.1 Å². The van der Waals surface area contributed by atoms with Gasteiger partial charge in [-0.15, -0.1) is 0 Å². The average Bonchev–Trinajstić information content (AvgIpc) is 3.02. The molecule has 0 saturated heterocycles. The van der Waals surface area contributed by atoms with Crippen LogP contribution in [0.15, 0.2) is 41.4 Å². The Kier molecular flexibility index (Phi) is 6.53. The van der Waals surface area contributed by atoms with E-state index in [0.717, 1.165) is 0 Å². The molecule has 1 atom stereocenters. The third kappa shape index (κ3) is 6.02. The maximum Gasteiger partial charge on any atom is 0.446 e. The van der Waals surface area contributed by atoms with E-state index in [4.69, 9.17) is 4.74 Å². The number of benzene rings is 1. The van der Waals surface area contributed by atoms with Crippen molar-refractivity contribution in [2.45, 2.75) is 43.3 Å². The minimum atomic E-state index is -4.41. The van der Waals surface area contributed by atoms with Crippen LogP contribution in [0, 0.1) is 0 Å². The van der Waals surface area contributed by atoms with Gasteiger partial charge in [0, 0.05) is 17.0 Å². The number of carbonyl (C=O) groups is 2. The van der Waals surface area contributed by atoms with E-state index in [9.17, 15) is 22.8 Å². The molecular weight excluding hydrogens is 383 g/mol. The van der Waals surface area contributed by atoms with Gasteiger partial charge in [-0.1, -0.05) is 0 Å². The fourth-order valence-corrected chi connectivity index (χ4v) is 2.67. The summed E-state index contributed by atoms with van der Waals surface area (Å²) in [5.74, 6) is -0.889. The number of nitrogens with zero attached hydrogens (tertiary/aromatic N) is 2. The molecular formula is C17H18F3N3O3S. The largest absolute Gasteiger partial charge is 0.449 e. The molecule has 1 N–H and O–H groups in total. The number of esters is 1. The van der Waals surface area contributed by atoms with Crippen molar-refractivity contribution >= 4 is 29.5 Å². The number of anilines is 1. The number of aromatic nitrogens is 2. The molecule has 6 nitrogen and oxygen atoms in total. The predicted molar refractivity (Wildman–Crippen MR) is 94.5 cm³/mol. The lowest BCUT2D eigenvalue weighted by Crippen LogP contribution is -2.31. The normalized spacial score (nSPS) is 12.7. The zero-order valence-electron chi connectivity index (χ0n) is 14.8. The summed E-state index contributed by atoms with van der Waals surface area (Å²) >= 11 is -0.279. The summed E-state index contributed by atoms with van der Waals surface area (Å²) in [4.78, 5) is 24.2. The van der Waals surface area contributed by atoms with Gasteiger partial charge < -0.3 is 10.1 Å². The van der Waals surface area contributed by atoms with Gasteiger partial charge in [0.25, 0.3) is 5.91 Å². The smallest absolute Gasteiger partial charge is 0.446 e. The highest BCUT2D eigenvalue weighted by atomic mass is 32.2. The number of hydrogen-bond acceptors (Lipinski definition) is 5. The zero-order chi connectivity index (χ0) is 20.2. The molecule has 0 spiro atoms. The van der Waals surface area contributed by atoms with E-state index in [2.05, 4.69) is 10.4 Å². The van der Waals surface area contributed by atoms with Crippen LogP contribution in [-0.2, 0) is 9.53 Å². The summed E-state index contributed by atoms with van der Waals surface area (Å²) in [6.07, 6.45) is 0.435. The Morgan fingerprint density at radius 3 is 2.33 bits per heavy atom. The molecule has 0 aliphatic heterocycles. The number of carbonyl (C=O) groups excluding carboxylic acids is 2. The number of rotatable bonds is 6. The first-order valence-corrected chi connectivity index (χ1v) is 8.79. The molecule has 2 rings (SSSR count). The molecule has 10 heteroatoms. The van der Waals surface area contributed by atoms with Gasteiger partial charge in [-0.3, -0.25) is 4.79 Å². The van der Waals surface area contributed by atoms with Crippen LogP contribution in [0.25, 0.3) is 0 Å². The van der Waals surface area contributed by atoms with E-state index in [1.165, 1.54) is 37.4 Å². The highest BCUT2D eigenvalue weighted by Gasteiger charge is 2.29. The number of nitrogens with one attached hydrogen (secondary N) is 1. The molecule has 146 valence electrons. The summed E-state index contributed by atoms with van der Waals surface area (Å²) < 4.78 is 43.6. The fourth-order valence-electron chi connectivity index (χ4n) is 2.13. The first kappa shape index (κ1) is 20.8. The number of hydrogen-bond donors (Lipinski definition) is 1. The second kappa shape index (κ2) is 8.47. The number of amides is 1. The summed E-state index contributed by atoms with van der Waals surface area (Å²) in [6.45, 7) is 5.19. The second-order valence-electron chi connectivity index (χ2n) is 5.86. The van der Waals surface area contributed by atoms with Gasteiger partial charge in [0.1, 0.15) is 5.82 Å². The summed E-state index contributed by atoms with van der Waals surface area (Å²) in [7, 11) is 0. The standard InChI is InChI=1S/C17H18F3N3O3S/c1-10(2)23-14(8-9-21-23)22-15(24)11(3)26-16(25)12-4-6-13(7-5-12)27-17(18,19)20/h4-11H,1-3H3,(H,22,24)/t11-/m0/s1. The van der Waals surface area contributed by atoms with Crippen LogP contribution in [0.4, 0.5) is 19.0 Å².